The van der Waals surface area contributed by atoms with E-state index in [-0.39, 0.29) is 12.1 Å². The predicted molar refractivity (Wildman–Crippen MR) is 79.0 cm³/mol. The highest BCUT2D eigenvalue weighted by molar-refractivity contribution is 5.60. The second kappa shape index (κ2) is 6.33. The smallest absolute Gasteiger partial charge is 0.246 e. The van der Waals surface area contributed by atoms with Crippen molar-refractivity contribution in [1.29, 1.82) is 0 Å². The molecule has 22 heavy (non-hydrogen) atoms. The molecule has 2 aromatic rings. The zero-order valence-corrected chi connectivity index (χ0v) is 12.8. The summed E-state index contributed by atoms with van der Waals surface area (Å²) >= 11 is 0. The van der Waals surface area contributed by atoms with Gasteiger partial charge in [-0.25, -0.2) is 0 Å². The van der Waals surface area contributed by atoms with E-state index in [1.165, 1.54) is 0 Å². The molecule has 0 radical (unpaired) electrons. The number of aromatic nitrogens is 2. The van der Waals surface area contributed by atoms with E-state index < -0.39 is 0 Å². The topological polar surface area (TPSA) is 78.6 Å². The summed E-state index contributed by atoms with van der Waals surface area (Å²) in [5, 5.41) is 7.37. The predicted octanol–water partition coefficient (Wildman–Crippen LogP) is 1.80. The molecule has 0 saturated carbocycles. The first-order valence-electron chi connectivity index (χ1n) is 7.14. The molecule has 7 heteroatoms. The SMILES string of the molecule is COc1ccc(-c2noc([C@H]3NCCO[C@@H]3C)n2)cc1OC. The third-order valence-corrected chi connectivity index (χ3v) is 3.67. The highest BCUT2D eigenvalue weighted by atomic mass is 16.5. The van der Waals surface area contributed by atoms with Gasteiger partial charge in [-0.1, -0.05) is 5.16 Å². The Morgan fingerprint density at radius 1 is 1.23 bits per heavy atom. The summed E-state index contributed by atoms with van der Waals surface area (Å²) in [6, 6.07) is 5.41. The molecule has 1 aliphatic rings. The van der Waals surface area contributed by atoms with Crippen molar-refractivity contribution < 1.29 is 18.7 Å². The van der Waals surface area contributed by atoms with E-state index >= 15 is 0 Å². The van der Waals surface area contributed by atoms with Crippen LogP contribution in [0.3, 0.4) is 0 Å². The van der Waals surface area contributed by atoms with E-state index in [4.69, 9.17) is 18.7 Å². The molecule has 1 aromatic carbocycles. The first-order chi connectivity index (χ1) is 10.7. The molecule has 2 atom stereocenters. The molecule has 1 aromatic heterocycles. The lowest BCUT2D eigenvalue weighted by molar-refractivity contribution is -0.00136. The normalized spacial score (nSPS) is 21.6. The van der Waals surface area contributed by atoms with Crippen molar-refractivity contribution in [2.45, 2.75) is 19.1 Å². The van der Waals surface area contributed by atoms with E-state index in [2.05, 4.69) is 15.5 Å². The lowest BCUT2D eigenvalue weighted by Gasteiger charge is -2.27. The van der Waals surface area contributed by atoms with Gasteiger partial charge in [-0.2, -0.15) is 4.98 Å². The molecule has 0 amide bonds. The first-order valence-corrected chi connectivity index (χ1v) is 7.14. The maximum Gasteiger partial charge on any atom is 0.246 e. The zero-order valence-electron chi connectivity index (χ0n) is 12.8. The van der Waals surface area contributed by atoms with Crippen LogP contribution in [0.25, 0.3) is 11.4 Å². The van der Waals surface area contributed by atoms with Crippen molar-refractivity contribution in [1.82, 2.24) is 15.5 Å². The van der Waals surface area contributed by atoms with Gasteiger partial charge in [-0.05, 0) is 25.1 Å². The Morgan fingerprint density at radius 3 is 2.77 bits per heavy atom. The second-order valence-corrected chi connectivity index (χ2v) is 5.03. The number of hydrogen-bond donors (Lipinski definition) is 1. The fourth-order valence-corrected chi connectivity index (χ4v) is 2.46. The monoisotopic (exact) mass is 305 g/mol. The van der Waals surface area contributed by atoms with Crippen LogP contribution in [-0.2, 0) is 4.74 Å². The molecule has 118 valence electrons. The number of hydrogen-bond acceptors (Lipinski definition) is 7. The van der Waals surface area contributed by atoms with Crippen LogP contribution in [0.15, 0.2) is 22.7 Å². The van der Waals surface area contributed by atoms with Gasteiger partial charge in [-0.15, -0.1) is 0 Å². The number of methoxy groups -OCH3 is 2. The van der Waals surface area contributed by atoms with Crippen LogP contribution in [0.4, 0.5) is 0 Å². The van der Waals surface area contributed by atoms with Gasteiger partial charge in [0.25, 0.3) is 0 Å². The molecule has 0 spiro atoms. The highest BCUT2D eigenvalue weighted by Gasteiger charge is 2.28. The molecule has 2 heterocycles. The van der Waals surface area contributed by atoms with Crippen molar-refractivity contribution in [3.05, 3.63) is 24.1 Å². The number of morpholine rings is 1. The van der Waals surface area contributed by atoms with Crippen molar-refractivity contribution in [2.24, 2.45) is 0 Å². The lowest BCUT2D eigenvalue weighted by Crippen LogP contribution is -2.40. The van der Waals surface area contributed by atoms with Crippen LogP contribution < -0.4 is 14.8 Å². The summed E-state index contributed by atoms with van der Waals surface area (Å²) in [5.74, 6) is 2.32. The molecule has 1 N–H and O–H groups in total. The third-order valence-electron chi connectivity index (χ3n) is 3.67. The minimum absolute atomic E-state index is 0.00699. The van der Waals surface area contributed by atoms with Crippen LogP contribution in [0.5, 0.6) is 11.5 Å². The third kappa shape index (κ3) is 2.77. The standard InChI is InChI=1S/C15H19N3O4/c1-9-13(16-6-7-21-9)15-17-14(18-22-15)10-4-5-11(19-2)12(8-10)20-3/h4-5,8-9,13,16H,6-7H2,1-3H3/t9-,13+/m1/s1. The van der Waals surface area contributed by atoms with Crippen LogP contribution in [0, 0.1) is 0 Å². The highest BCUT2D eigenvalue weighted by Crippen LogP contribution is 2.32. The minimum Gasteiger partial charge on any atom is -0.493 e. The minimum atomic E-state index is -0.0878. The molecule has 1 saturated heterocycles. The second-order valence-electron chi connectivity index (χ2n) is 5.03. The maximum atomic E-state index is 5.60. The van der Waals surface area contributed by atoms with Crippen LogP contribution in [0.2, 0.25) is 0 Å². The molecule has 1 fully saturated rings. The lowest BCUT2D eigenvalue weighted by atomic mass is 10.1. The number of nitrogens with one attached hydrogen (secondary N) is 1. The van der Waals surface area contributed by atoms with Gasteiger partial charge in [0.1, 0.15) is 6.04 Å². The Labute approximate surface area is 128 Å². The van der Waals surface area contributed by atoms with Gasteiger partial charge >= 0.3 is 0 Å². The molecule has 0 bridgehead atoms. The Kier molecular flexibility index (Phi) is 4.26. The molecule has 1 aliphatic heterocycles. The van der Waals surface area contributed by atoms with Gasteiger partial charge in [0, 0.05) is 12.1 Å². The number of nitrogens with zero attached hydrogens (tertiary/aromatic N) is 2. The molecule has 3 rings (SSSR count). The Morgan fingerprint density at radius 2 is 2.05 bits per heavy atom. The van der Waals surface area contributed by atoms with Gasteiger partial charge in [0.2, 0.25) is 11.7 Å². The Bertz CT molecular complexity index is 643. The molecule has 0 aliphatic carbocycles. The summed E-state index contributed by atoms with van der Waals surface area (Å²) in [7, 11) is 3.19. The average molecular weight is 305 g/mol. The molecule has 0 unspecified atom stereocenters. The summed E-state index contributed by atoms with van der Waals surface area (Å²) in [5.41, 5.74) is 0.803. The maximum absolute atomic E-state index is 5.60. The fourth-order valence-electron chi connectivity index (χ4n) is 2.46. The summed E-state index contributed by atoms with van der Waals surface area (Å²) in [6.45, 7) is 3.44. The van der Waals surface area contributed by atoms with Crippen LogP contribution >= 0.6 is 0 Å². The Balaban J connectivity index is 1.87. The number of ether oxygens (including phenoxy) is 3. The van der Waals surface area contributed by atoms with E-state index in [0.717, 1.165) is 12.1 Å². The van der Waals surface area contributed by atoms with E-state index in [0.29, 0.717) is 29.8 Å². The average Bonchev–Trinajstić information content (AvgIpc) is 3.04. The summed E-state index contributed by atoms with van der Waals surface area (Å²) in [6.07, 6.45) is -0.00699. The van der Waals surface area contributed by atoms with E-state index in [1.54, 1.807) is 14.2 Å². The Hall–Kier alpha value is -2.12. The van der Waals surface area contributed by atoms with E-state index in [1.807, 2.05) is 25.1 Å². The van der Waals surface area contributed by atoms with Gasteiger partial charge < -0.3 is 24.1 Å². The van der Waals surface area contributed by atoms with Crippen LogP contribution in [0.1, 0.15) is 18.9 Å². The van der Waals surface area contributed by atoms with Gasteiger partial charge in [0.05, 0.1) is 26.9 Å². The summed E-state index contributed by atoms with van der Waals surface area (Å²) in [4.78, 5) is 4.47. The fraction of sp³-hybridized carbons (Fsp3) is 0.467. The van der Waals surface area contributed by atoms with Crippen molar-refractivity contribution >= 4 is 0 Å². The number of benzene rings is 1. The molecular weight excluding hydrogens is 286 g/mol. The van der Waals surface area contributed by atoms with Gasteiger partial charge in [-0.3, -0.25) is 0 Å². The first kappa shape index (κ1) is 14.8. The summed E-state index contributed by atoms with van der Waals surface area (Å²) < 4.78 is 21.5. The van der Waals surface area contributed by atoms with Crippen LogP contribution in [-0.4, -0.2) is 43.6 Å². The largest absolute Gasteiger partial charge is 0.493 e. The van der Waals surface area contributed by atoms with Crippen molar-refractivity contribution in [3.8, 4) is 22.9 Å². The molecular formula is C15H19N3O4. The van der Waals surface area contributed by atoms with E-state index in [9.17, 15) is 0 Å². The zero-order chi connectivity index (χ0) is 15.5. The van der Waals surface area contributed by atoms with Gasteiger partial charge in [0.15, 0.2) is 11.5 Å². The van der Waals surface area contributed by atoms with Crippen molar-refractivity contribution in [2.75, 3.05) is 27.4 Å². The quantitative estimate of drug-likeness (QED) is 0.922. The van der Waals surface area contributed by atoms with Crippen molar-refractivity contribution in [3.63, 3.8) is 0 Å². The number of rotatable bonds is 4. The molecule has 7 nitrogen and oxygen atoms in total.